The monoisotopic (exact) mass is 486 g/mol. The van der Waals surface area contributed by atoms with Gasteiger partial charge >= 0.3 is 0 Å². The Morgan fingerprint density at radius 3 is 2.72 bits per heavy atom. The number of benzene rings is 2. The molecular weight excluding hydrogens is 470 g/mol. The average Bonchev–Trinajstić information content (AvgIpc) is 3.06. The van der Waals surface area contributed by atoms with Gasteiger partial charge in [-0.25, -0.2) is 4.98 Å². The molecule has 0 saturated heterocycles. The number of imidazole rings is 1. The van der Waals surface area contributed by atoms with Gasteiger partial charge in [-0.05, 0) is 70.5 Å². The summed E-state index contributed by atoms with van der Waals surface area (Å²) < 4.78 is 9.36. The van der Waals surface area contributed by atoms with E-state index in [-0.39, 0.29) is 6.10 Å². The molecule has 25 heavy (non-hydrogen) atoms. The van der Waals surface area contributed by atoms with Crippen LogP contribution in [0.4, 0.5) is 0 Å². The lowest BCUT2D eigenvalue weighted by atomic mass is 10.0. The van der Waals surface area contributed by atoms with Crippen LogP contribution in [-0.4, -0.2) is 9.55 Å². The van der Waals surface area contributed by atoms with E-state index in [9.17, 15) is 0 Å². The molecular formula is C19H17Cl2IN2O. The summed E-state index contributed by atoms with van der Waals surface area (Å²) >= 11 is 14.7. The van der Waals surface area contributed by atoms with Gasteiger partial charge in [-0.3, -0.25) is 0 Å². The normalized spacial score (nSPS) is 12.3. The molecule has 0 saturated carbocycles. The second kappa shape index (κ2) is 8.54. The zero-order valence-electron chi connectivity index (χ0n) is 13.6. The lowest BCUT2D eigenvalue weighted by molar-refractivity contribution is 0.0276. The molecule has 2 aromatic carbocycles. The molecule has 0 aliphatic carbocycles. The third kappa shape index (κ3) is 4.97. The Morgan fingerprint density at radius 1 is 1.20 bits per heavy atom. The van der Waals surface area contributed by atoms with E-state index < -0.39 is 0 Å². The highest BCUT2D eigenvalue weighted by molar-refractivity contribution is 14.1. The number of ether oxygens (including phenoxy) is 1. The van der Waals surface area contributed by atoms with E-state index in [1.54, 1.807) is 12.5 Å². The van der Waals surface area contributed by atoms with Crippen molar-refractivity contribution in [2.24, 2.45) is 0 Å². The zero-order valence-corrected chi connectivity index (χ0v) is 17.3. The van der Waals surface area contributed by atoms with Crippen molar-refractivity contribution in [1.29, 1.82) is 0 Å². The maximum Gasteiger partial charge on any atom is 0.101 e. The Morgan fingerprint density at radius 2 is 2.04 bits per heavy atom. The lowest BCUT2D eigenvalue weighted by Crippen LogP contribution is -2.13. The molecule has 0 N–H and O–H groups in total. The van der Waals surface area contributed by atoms with Crippen molar-refractivity contribution < 1.29 is 4.74 Å². The van der Waals surface area contributed by atoms with Gasteiger partial charge in [0, 0.05) is 26.0 Å². The molecule has 1 atom stereocenters. The van der Waals surface area contributed by atoms with E-state index in [4.69, 9.17) is 27.9 Å². The number of aryl methyl sites for hydroxylation is 1. The Kier molecular flexibility index (Phi) is 6.39. The van der Waals surface area contributed by atoms with Gasteiger partial charge in [0.25, 0.3) is 0 Å². The molecule has 0 radical (unpaired) electrons. The Labute approximate surface area is 171 Å². The molecule has 130 valence electrons. The summed E-state index contributed by atoms with van der Waals surface area (Å²) in [5, 5.41) is 1.45. The SMILES string of the molecule is Cc1cc(Cl)ccc1C(Cn1ccnc1)OCc1ccc(I)cc1Cl. The summed E-state index contributed by atoms with van der Waals surface area (Å²) in [7, 11) is 0. The first-order valence-electron chi connectivity index (χ1n) is 7.80. The van der Waals surface area contributed by atoms with E-state index in [0.717, 1.165) is 30.3 Å². The summed E-state index contributed by atoms with van der Waals surface area (Å²) in [5.41, 5.74) is 3.19. The molecule has 3 rings (SSSR count). The number of halogens is 3. The van der Waals surface area contributed by atoms with E-state index in [0.29, 0.717) is 13.2 Å². The van der Waals surface area contributed by atoms with Gasteiger partial charge in [-0.15, -0.1) is 0 Å². The number of aromatic nitrogens is 2. The van der Waals surface area contributed by atoms with E-state index in [1.807, 2.05) is 54.1 Å². The van der Waals surface area contributed by atoms with Crippen molar-refractivity contribution >= 4 is 45.8 Å². The highest BCUT2D eigenvalue weighted by Gasteiger charge is 2.16. The van der Waals surface area contributed by atoms with Gasteiger partial charge in [0.2, 0.25) is 0 Å². The molecule has 3 nitrogen and oxygen atoms in total. The second-order valence-electron chi connectivity index (χ2n) is 5.80. The summed E-state index contributed by atoms with van der Waals surface area (Å²) in [6.07, 6.45) is 5.36. The van der Waals surface area contributed by atoms with Crippen LogP contribution in [0.1, 0.15) is 22.8 Å². The topological polar surface area (TPSA) is 27.1 Å². The van der Waals surface area contributed by atoms with Crippen LogP contribution in [0.15, 0.2) is 55.1 Å². The van der Waals surface area contributed by atoms with Crippen molar-refractivity contribution in [2.45, 2.75) is 26.2 Å². The molecule has 1 aromatic heterocycles. The second-order valence-corrected chi connectivity index (χ2v) is 7.89. The maximum absolute atomic E-state index is 6.34. The van der Waals surface area contributed by atoms with Crippen LogP contribution in [0.5, 0.6) is 0 Å². The fraction of sp³-hybridized carbons (Fsp3) is 0.211. The van der Waals surface area contributed by atoms with Crippen LogP contribution in [-0.2, 0) is 17.9 Å². The third-order valence-electron chi connectivity index (χ3n) is 3.97. The first-order chi connectivity index (χ1) is 12.0. The minimum Gasteiger partial charge on any atom is -0.367 e. The Hall–Kier alpha value is -1.08. The number of hydrogen-bond donors (Lipinski definition) is 0. The highest BCUT2D eigenvalue weighted by Crippen LogP contribution is 2.28. The average molecular weight is 487 g/mol. The quantitative estimate of drug-likeness (QED) is 0.396. The number of rotatable bonds is 6. The van der Waals surface area contributed by atoms with E-state index in [2.05, 4.69) is 27.6 Å². The number of hydrogen-bond acceptors (Lipinski definition) is 2. The molecule has 0 amide bonds. The largest absolute Gasteiger partial charge is 0.367 e. The molecule has 3 aromatic rings. The van der Waals surface area contributed by atoms with Gasteiger partial charge in [-0.1, -0.05) is 35.3 Å². The Bertz CT molecular complexity index is 853. The van der Waals surface area contributed by atoms with Crippen molar-refractivity contribution in [3.8, 4) is 0 Å². The van der Waals surface area contributed by atoms with E-state index in [1.165, 1.54) is 0 Å². The summed E-state index contributed by atoms with van der Waals surface area (Å²) in [6, 6.07) is 11.9. The zero-order chi connectivity index (χ0) is 17.8. The predicted octanol–water partition coefficient (Wildman–Crippen LogP) is 6.06. The fourth-order valence-electron chi connectivity index (χ4n) is 2.66. The fourth-order valence-corrected chi connectivity index (χ4v) is 3.79. The summed E-state index contributed by atoms with van der Waals surface area (Å²) in [5.74, 6) is 0. The standard InChI is InChI=1S/C19H17Cl2IN2O/c1-13-8-15(20)3-5-17(13)19(10-24-7-6-23-12-24)25-11-14-2-4-16(22)9-18(14)21/h2-9,12,19H,10-11H2,1H3. The molecule has 0 spiro atoms. The van der Waals surface area contributed by atoms with Gasteiger partial charge in [0.15, 0.2) is 0 Å². The minimum atomic E-state index is -0.123. The van der Waals surface area contributed by atoms with Crippen LogP contribution in [0, 0.1) is 10.5 Å². The molecule has 0 aliphatic rings. The predicted molar refractivity (Wildman–Crippen MR) is 110 cm³/mol. The maximum atomic E-state index is 6.34. The molecule has 6 heteroatoms. The first kappa shape index (κ1) is 18.7. The molecule has 1 unspecified atom stereocenters. The van der Waals surface area contributed by atoms with Crippen LogP contribution in [0.25, 0.3) is 0 Å². The van der Waals surface area contributed by atoms with Crippen molar-refractivity contribution in [2.75, 3.05) is 0 Å². The Balaban J connectivity index is 1.83. The lowest BCUT2D eigenvalue weighted by Gasteiger charge is -2.21. The van der Waals surface area contributed by atoms with Gasteiger partial charge in [0.1, 0.15) is 6.10 Å². The van der Waals surface area contributed by atoms with Crippen LogP contribution in [0.2, 0.25) is 10.0 Å². The van der Waals surface area contributed by atoms with Crippen molar-refractivity contribution in [1.82, 2.24) is 9.55 Å². The minimum absolute atomic E-state index is 0.123. The smallest absolute Gasteiger partial charge is 0.101 e. The highest BCUT2D eigenvalue weighted by atomic mass is 127. The van der Waals surface area contributed by atoms with E-state index >= 15 is 0 Å². The molecule has 0 fully saturated rings. The molecule has 0 bridgehead atoms. The van der Waals surface area contributed by atoms with Crippen LogP contribution in [0.3, 0.4) is 0 Å². The van der Waals surface area contributed by atoms with Crippen LogP contribution < -0.4 is 0 Å². The van der Waals surface area contributed by atoms with Crippen molar-refractivity contribution in [3.05, 3.63) is 85.4 Å². The third-order valence-corrected chi connectivity index (χ3v) is 5.23. The molecule has 1 heterocycles. The number of nitrogens with zero attached hydrogens (tertiary/aromatic N) is 2. The van der Waals surface area contributed by atoms with Crippen molar-refractivity contribution in [3.63, 3.8) is 0 Å². The van der Waals surface area contributed by atoms with Gasteiger partial charge in [-0.2, -0.15) is 0 Å². The first-order valence-corrected chi connectivity index (χ1v) is 9.63. The summed E-state index contributed by atoms with van der Waals surface area (Å²) in [4.78, 5) is 4.11. The van der Waals surface area contributed by atoms with Crippen LogP contribution >= 0.6 is 45.8 Å². The van der Waals surface area contributed by atoms with Gasteiger partial charge in [0.05, 0.1) is 19.5 Å². The van der Waals surface area contributed by atoms with Gasteiger partial charge < -0.3 is 9.30 Å². The summed E-state index contributed by atoms with van der Waals surface area (Å²) in [6.45, 7) is 3.16. The molecule has 0 aliphatic heterocycles.